The van der Waals surface area contributed by atoms with Gasteiger partial charge in [0.25, 0.3) is 5.91 Å². The van der Waals surface area contributed by atoms with E-state index in [0.717, 1.165) is 54.0 Å². The summed E-state index contributed by atoms with van der Waals surface area (Å²) in [5, 5.41) is 16.7. The number of benzene rings is 1. The lowest BCUT2D eigenvalue weighted by molar-refractivity contribution is 0.0110. The molecule has 7 heteroatoms. The van der Waals surface area contributed by atoms with Gasteiger partial charge in [-0.2, -0.15) is 0 Å². The van der Waals surface area contributed by atoms with E-state index in [1.807, 2.05) is 44.3 Å². The van der Waals surface area contributed by atoms with E-state index in [1.54, 1.807) is 12.4 Å². The summed E-state index contributed by atoms with van der Waals surface area (Å²) in [4.78, 5) is 23.6. The van der Waals surface area contributed by atoms with E-state index >= 15 is 0 Å². The number of nitrogens with zero attached hydrogens (tertiary/aromatic N) is 3. The van der Waals surface area contributed by atoms with Crippen molar-refractivity contribution in [3.8, 4) is 11.1 Å². The lowest BCUT2D eigenvalue weighted by atomic mass is 9.84. The molecule has 0 saturated carbocycles. The second kappa shape index (κ2) is 8.48. The molecule has 1 atom stereocenters. The fraction of sp³-hybridized carbons (Fsp3) is 0.346. The molecule has 33 heavy (non-hydrogen) atoms. The molecule has 2 aliphatic rings. The highest BCUT2D eigenvalue weighted by atomic mass is 16.3. The number of nitrogens with one attached hydrogen (secondary N) is 2. The molecule has 2 aromatic heterocycles. The van der Waals surface area contributed by atoms with Crippen LogP contribution in [0.1, 0.15) is 42.6 Å². The quantitative estimate of drug-likeness (QED) is 0.550. The molecule has 1 unspecified atom stereocenters. The monoisotopic (exact) mass is 443 g/mol. The summed E-state index contributed by atoms with van der Waals surface area (Å²) in [5.41, 5.74) is 4.82. The highest BCUT2D eigenvalue weighted by Crippen LogP contribution is 2.34. The van der Waals surface area contributed by atoms with E-state index in [0.29, 0.717) is 17.9 Å². The smallest absolute Gasteiger partial charge is 0.255 e. The van der Waals surface area contributed by atoms with E-state index < -0.39 is 5.60 Å². The first-order valence-electron chi connectivity index (χ1n) is 11.4. The Morgan fingerprint density at radius 2 is 1.91 bits per heavy atom. The molecule has 0 aliphatic carbocycles. The topological polar surface area (TPSA) is 90.4 Å². The van der Waals surface area contributed by atoms with Gasteiger partial charge in [0.1, 0.15) is 5.82 Å². The van der Waals surface area contributed by atoms with Crippen molar-refractivity contribution in [2.45, 2.75) is 38.8 Å². The van der Waals surface area contributed by atoms with Crippen LogP contribution >= 0.6 is 0 Å². The van der Waals surface area contributed by atoms with Crippen LogP contribution in [-0.4, -0.2) is 39.7 Å². The maximum Gasteiger partial charge on any atom is 0.255 e. The zero-order chi connectivity index (χ0) is 23.0. The van der Waals surface area contributed by atoms with Crippen molar-refractivity contribution >= 4 is 23.1 Å². The summed E-state index contributed by atoms with van der Waals surface area (Å²) in [5.74, 6) is 0.706. The summed E-state index contributed by atoms with van der Waals surface area (Å²) in [6, 6.07) is 12.0. The van der Waals surface area contributed by atoms with Gasteiger partial charge < -0.3 is 20.6 Å². The Hall–Kier alpha value is -3.45. The van der Waals surface area contributed by atoms with Crippen LogP contribution in [0.5, 0.6) is 0 Å². The maximum absolute atomic E-state index is 12.6. The van der Waals surface area contributed by atoms with E-state index in [1.165, 1.54) is 0 Å². The molecular formula is C26H29N5O2. The average molecular weight is 444 g/mol. The van der Waals surface area contributed by atoms with Gasteiger partial charge in [-0.3, -0.25) is 9.78 Å². The van der Waals surface area contributed by atoms with Crippen LogP contribution in [0, 0.1) is 5.92 Å². The molecule has 3 N–H and O–H groups in total. The van der Waals surface area contributed by atoms with Crippen molar-refractivity contribution in [2.75, 3.05) is 23.3 Å². The SMILES string of the molecule is CC(C)(O)C1CCCN(c2ccc(Nc3ncc(-c4ccncc4)c4c3C(=O)NC4)cc2)C1. The molecule has 1 aromatic carbocycles. The molecule has 1 fully saturated rings. The molecule has 1 amide bonds. The zero-order valence-corrected chi connectivity index (χ0v) is 19.0. The van der Waals surface area contributed by atoms with Crippen LogP contribution in [0.4, 0.5) is 17.2 Å². The Kier molecular flexibility index (Phi) is 5.50. The average Bonchev–Trinajstić information content (AvgIpc) is 3.22. The minimum atomic E-state index is -0.671. The van der Waals surface area contributed by atoms with Crippen LogP contribution in [0.2, 0.25) is 0 Å². The van der Waals surface area contributed by atoms with Crippen molar-refractivity contribution in [1.29, 1.82) is 0 Å². The minimum Gasteiger partial charge on any atom is -0.390 e. The number of carbonyl (C=O) groups excluding carboxylic acids is 1. The third-order valence-corrected chi connectivity index (χ3v) is 6.75. The van der Waals surface area contributed by atoms with E-state index in [2.05, 4.69) is 37.6 Å². The van der Waals surface area contributed by atoms with Gasteiger partial charge in [0.15, 0.2) is 0 Å². The molecule has 2 aliphatic heterocycles. The van der Waals surface area contributed by atoms with Crippen molar-refractivity contribution in [2.24, 2.45) is 5.92 Å². The second-order valence-electron chi connectivity index (χ2n) is 9.40. The van der Waals surface area contributed by atoms with Gasteiger partial charge in [0, 0.05) is 61.1 Å². The molecule has 170 valence electrons. The Labute approximate surface area is 193 Å². The van der Waals surface area contributed by atoms with Crippen LogP contribution in [0.15, 0.2) is 55.0 Å². The van der Waals surface area contributed by atoms with E-state index in [-0.39, 0.29) is 11.8 Å². The maximum atomic E-state index is 12.6. The van der Waals surface area contributed by atoms with Crippen LogP contribution in [0.25, 0.3) is 11.1 Å². The number of piperidine rings is 1. The predicted octanol–water partition coefficient (Wildman–Crippen LogP) is 4.12. The van der Waals surface area contributed by atoms with Gasteiger partial charge in [0.2, 0.25) is 0 Å². The van der Waals surface area contributed by atoms with Crippen LogP contribution < -0.4 is 15.5 Å². The van der Waals surface area contributed by atoms with Gasteiger partial charge in [-0.05, 0) is 74.2 Å². The van der Waals surface area contributed by atoms with Gasteiger partial charge in [-0.1, -0.05) is 0 Å². The second-order valence-corrected chi connectivity index (χ2v) is 9.40. The molecule has 0 bridgehead atoms. The molecule has 7 nitrogen and oxygen atoms in total. The first-order chi connectivity index (χ1) is 15.9. The van der Waals surface area contributed by atoms with Crippen LogP contribution in [0.3, 0.4) is 0 Å². The Morgan fingerprint density at radius 3 is 2.64 bits per heavy atom. The number of fused-ring (bicyclic) bond motifs is 1. The molecule has 1 saturated heterocycles. The normalized spacial score (nSPS) is 18.1. The largest absolute Gasteiger partial charge is 0.390 e. The zero-order valence-electron chi connectivity index (χ0n) is 19.0. The summed E-state index contributed by atoms with van der Waals surface area (Å²) in [7, 11) is 0. The lowest BCUT2D eigenvalue weighted by Crippen LogP contribution is -2.44. The van der Waals surface area contributed by atoms with E-state index in [4.69, 9.17) is 0 Å². The first kappa shape index (κ1) is 21.4. The van der Waals surface area contributed by atoms with Gasteiger partial charge in [-0.25, -0.2) is 4.98 Å². The number of carbonyl (C=O) groups is 1. The Balaban J connectivity index is 1.37. The Morgan fingerprint density at radius 1 is 1.15 bits per heavy atom. The van der Waals surface area contributed by atoms with Crippen molar-refractivity contribution in [1.82, 2.24) is 15.3 Å². The molecule has 5 rings (SSSR count). The number of anilines is 3. The standard InChI is InChI=1S/C26H29N5O2/c1-26(2,33)18-4-3-13-31(16-18)20-7-5-19(6-8-20)30-24-23-22(15-29-25(23)32)21(14-28-24)17-9-11-27-12-10-17/h5-12,14,18,33H,3-4,13,15-16H2,1-2H3,(H,28,30)(H,29,32). The summed E-state index contributed by atoms with van der Waals surface area (Å²) in [6.45, 7) is 6.12. The Bertz CT molecular complexity index is 1160. The van der Waals surface area contributed by atoms with Gasteiger partial charge in [-0.15, -0.1) is 0 Å². The third kappa shape index (κ3) is 4.28. The number of aliphatic hydroxyl groups is 1. The van der Waals surface area contributed by atoms with Crippen LogP contribution in [-0.2, 0) is 6.54 Å². The fourth-order valence-corrected chi connectivity index (χ4v) is 4.79. The number of rotatable bonds is 5. The van der Waals surface area contributed by atoms with Crippen molar-refractivity contribution < 1.29 is 9.90 Å². The van der Waals surface area contributed by atoms with Gasteiger partial charge in [0.05, 0.1) is 11.2 Å². The summed E-state index contributed by atoms with van der Waals surface area (Å²) in [6.07, 6.45) is 7.42. The summed E-state index contributed by atoms with van der Waals surface area (Å²) < 4.78 is 0. The molecule has 3 aromatic rings. The number of amides is 1. The lowest BCUT2D eigenvalue weighted by Gasteiger charge is -2.39. The number of hydrogen-bond donors (Lipinski definition) is 3. The molecule has 4 heterocycles. The third-order valence-electron chi connectivity index (χ3n) is 6.75. The first-order valence-corrected chi connectivity index (χ1v) is 11.4. The highest BCUT2D eigenvalue weighted by molar-refractivity contribution is 6.05. The van der Waals surface area contributed by atoms with Crippen molar-refractivity contribution in [3.63, 3.8) is 0 Å². The molecule has 0 radical (unpaired) electrons. The van der Waals surface area contributed by atoms with Gasteiger partial charge >= 0.3 is 0 Å². The number of hydrogen-bond acceptors (Lipinski definition) is 6. The number of aromatic nitrogens is 2. The molecular weight excluding hydrogens is 414 g/mol. The fourth-order valence-electron chi connectivity index (χ4n) is 4.79. The minimum absolute atomic E-state index is 0.112. The highest BCUT2D eigenvalue weighted by Gasteiger charge is 2.31. The summed E-state index contributed by atoms with van der Waals surface area (Å²) >= 11 is 0. The van der Waals surface area contributed by atoms with Crippen molar-refractivity contribution in [3.05, 3.63) is 66.1 Å². The molecule has 0 spiro atoms. The van der Waals surface area contributed by atoms with E-state index in [9.17, 15) is 9.90 Å². The predicted molar refractivity (Wildman–Crippen MR) is 130 cm³/mol. The number of pyridine rings is 2.